The van der Waals surface area contributed by atoms with E-state index in [1.807, 2.05) is 23.5 Å². The molecule has 1 fully saturated rings. The number of nitrogens with zero attached hydrogens (tertiary/aromatic N) is 2. The summed E-state index contributed by atoms with van der Waals surface area (Å²) in [5, 5.41) is 7.22. The topological polar surface area (TPSA) is 76.1 Å². The minimum atomic E-state index is -0.414. The summed E-state index contributed by atoms with van der Waals surface area (Å²) in [6, 6.07) is 0. The fourth-order valence-electron chi connectivity index (χ4n) is 2.02. The molecule has 8 heteroatoms. The maximum atomic E-state index is 11.9. The second-order valence-corrected chi connectivity index (χ2v) is 6.54. The monoisotopic (exact) mass is 298 g/mol. The third-order valence-electron chi connectivity index (χ3n) is 2.83. The lowest BCUT2D eigenvalue weighted by molar-refractivity contribution is 0.0520. The number of hydrogen-bond acceptors (Lipinski definition) is 8. The number of thioether (sulfide) groups is 2. The molecule has 102 valence electrons. The fraction of sp³-hybridized carbons (Fsp3) is 0.545. The highest BCUT2D eigenvalue weighted by Crippen LogP contribution is 2.39. The Balaban J connectivity index is 1.92. The van der Waals surface area contributed by atoms with E-state index >= 15 is 0 Å². The molecule has 0 saturated carbocycles. The highest BCUT2D eigenvalue weighted by Gasteiger charge is 2.34. The Labute approximate surface area is 119 Å². The number of aromatic nitrogens is 2. The Bertz CT molecular complexity index is 500. The van der Waals surface area contributed by atoms with Gasteiger partial charge in [-0.25, -0.2) is 14.8 Å². The van der Waals surface area contributed by atoms with Crippen LogP contribution in [0.4, 0.5) is 11.5 Å². The van der Waals surface area contributed by atoms with Crippen LogP contribution in [0.25, 0.3) is 0 Å². The molecule has 2 atom stereocenters. The third kappa shape index (κ3) is 2.46. The van der Waals surface area contributed by atoms with Gasteiger partial charge in [-0.15, -0.1) is 23.5 Å². The maximum Gasteiger partial charge on any atom is 0.359 e. The summed E-state index contributed by atoms with van der Waals surface area (Å²) in [6.07, 6.45) is 1.39. The molecule has 2 N–H and O–H groups in total. The predicted octanol–water partition coefficient (Wildman–Crippen LogP) is 1.62. The summed E-state index contributed by atoms with van der Waals surface area (Å²) in [4.78, 5) is 20.1. The number of carbonyl (C=O) groups is 1. The molecule has 1 saturated heterocycles. The van der Waals surface area contributed by atoms with Crippen molar-refractivity contribution >= 4 is 41.0 Å². The molecule has 0 amide bonds. The third-order valence-corrected chi connectivity index (χ3v) is 5.64. The van der Waals surface area contributed by atoms with E-state index in [0.717, 1.165) is 11.5 Å². The van der Waals surface area contributed by atoms with Gasteiger partial charge in [0.1, 0.15) is 22.8 Å². The van der Waals surface area contributed by atoms with Crippen LogP contribution in [0, 0.1) is 0 Å². The van der Waals surface area contributed by atoms with Crippen LogP contribution in [-0.2, 0) is 4.74 Å². The largest absolute Gasteiger partial charge is 0.461 e. The molecule has 2 aliphatic rings. The van der Waals surface area contributed by atoms with Crippen molar-refractivity contribution in [3.8, 4) is 0 Å². The number of carbonyl (C=O) groups excluding carboxylic acids is 1. The van der Waals surface area contributed by atoms with Gasteiger partial charge in [-0.05, 0) is 6.92 Å². The van der Waals surface area contributed by atoms with E-state index in [0.29, 0.717) is 23.8 Å². The Morgan fingerprint density at radius 1 is 1.37 bits per heavy atom. The van der Waals surface area contributed by atoms with Crippen molar-refractivity contribution < 1.29 is 9.53 Å². The van der Waals surface area contributed by atoms with E-state index in [4.69, 9.17) is 4.74 Å². The van der Waals surface area contributed by atoms with Crippen LogP contribution in [0.5, 0.6) is 0 Å². The molecule has 2 unspecified atom stereocenters. The van der Waals surface area contributed by atoms with Crippen LogP contribution in [0.1, 0.15) is 17.4 Å². The molecule has 0 radical (unpaired) electrons. The van der Waals surface area contributed by atoms with Gasteiger partial charge in [-0.2, -0.15) is 0 Å². The first kappa shape index (κ1) is 12.9. The number of anilines is 2. The summed E-state index contributed by atoms with van der Waals surface area (Å²) < 4.78 is 5.02. The number of hydrogen-bond donors (Lipinski definition) is 2. The minimum Gasteiger partial charge on any atom is -0.461 e. The van der Waals surface area contributed by atoms with Crippen molar-refractivity contribution in [2.24, 2.45) is 0 Å². The molecule has 2 aliphatic heterocycles. The molecule has 0 aliphatic carbocycles. The number of ether oxygens (including phenoxy) is 1. The molecular formula is C11H14N4O2S2. The summed E-state index contributed by atoms with van der Waals surface area (Å²) >= 11 is 3.71. The van der Waals surface area contributed by atoms with Crippen molar-refractivity contribution in [3.63, 3.8) is 0 Å². The van der Waals surface area contributed by atoms with Crippen molar-refractivity contribution in [1.82, 2.24) is 9.97 Å². The Kier molecular flexibility index (Phi) is 3.69. The highest BCUT2D eigenvalue weighted by atomic mass is 32.2. The van der Waals surface area contributed by atoms with Gasteiger partial charge in [-0.3, -0.25) is 0 Å². The van der Waals surface area contributed by atoms with Crippen LogP contribution in [0.3, 0.4) is 0 Å². The van der Waals surface area contributed by atoms with Gasteiger partial charge in [-0.1, -0.05) is 0 Å². The average Bonchev–Trinajstić information content (AvgIpc) is 2.44. The number of rotatable bonds is 2. The van der Waals surface area contributed by atoms with Crippen LogP contribution >= 0.6 is 23.5 Å². The first-order valence-electron chi connectivity index (χ1n) is 6.08. The standard InChI is InChI=1S/C11H14N4O2S2/c1-2-17-11(16)7-6-8(13-5-12-7)15-10-9(14-6)18-3-4-19-10/h5,9-10,14H,2-4H2,1H3,(H,12,13,15). The normalized spacial score (nSPS) is 24.5. The minimum absolute atomic E-state index is 0.227. The Morgan fingerprint density at radius 2 is 2.11 bits per heavy atom. The Hall–Kier alpha value is -1.15. The SMILES string of the molecule is CCOC(=O)c1ncnc2c1NC1SCCSC1N2. The zero-order valence-corrected chi connectivity index (χ0v) is 12.0. The molecule has 1 aromatic rings. The van der Waals surface area contributed by atoms with Gasteiger partial charge >= 0.3 is 5.97 Å². The lowest BCUT2D eigenvalue weighted by atomic mass is 10.2. The van der Waals surface area contributed by atoms with Gasteiger partial charge in [0, 0.05) is 11.5 Å². The zero-order chi connectivity index (χ0) is 13.2. The number of nitrogens with one attached hydrogen (secondary N) is 2. The van der Waals surface area contributed by atoms with Crippen LogP contribution < -0.4 is 10.6 Å². The van der Waals surface area contributed by atoms with Crippen LogP contribution in [0.15, 0.2) is 6.33 Å². The van der Waals surface area contributed by atoms with E-state index in [1.165, 1.54) is 6.33 Å². The van der Waals surface area contributed by atoms with E-state index < -0.39 is 5.97 Å². The quantitative estimate of drug-likeness (QED) is 0.798. The maximum absolute atomic E-state index is 11.9. The second kappa shape index (κ2) is 5.46. The van der Waals surface area contributed by atoms with E-state index in [-0.39, 0.29) is 10.7 Å². The lowest BCUT2D eigenvalue weighted by Gasteiger charge is -2.37. The molecule has 3 rings (SSSR count). The summed E-state index contributed by atoms with van der Waals surface area (Å²) in [7, 11) is 0. The molecule has 0 spiro atoms. The lowest BCUT2D eigenvalue weighted by Crippen LogP contribution is -2.42. The Morgan fingerprint density at radius 3 is 2.84 bits per heavy atom. The first-order chi connectivity index (χ1) is 9.29. The summed E-state index contributed by atoms with van der Waals surface area (Å²) in [6.45, 7) is 2.11. The highest BCUT2D eigenvalue weighted by molar-refractivity contribution is 8.07. The zero-order valence-electron chi connectivity index (χ0n) is 10.4. The smallest absolute Gasteiger partial charge is 0.359 e. The molecule has 0 aromatic carbocycles. The molecular weight excluding hydrogens is 284 g/mol. The van der Waals surface area contributed by atoms with E-state index in [2.05, 4.69) is 20.6 Å². The van der Waals surface area contributed by atoms with E-state index in [9.17, 15) is 4.79 Å². The molecule has 1 aromatic heterocycles. The van der Waals surface area contributed by atoms with Gasteiger partial charge in [0.2, 0.25) is 0 Å². The molecule has 6 nitrogen and oxygen atoms in total. The van der Waals surface area contributed by atoms with Crippen LogP contribution in [-0.4, -0.2) is 44.8 Å². The van der Waals surface area contributed by atoms with Gasteiger partial charge < -0.3 is 15.4 Å². The van der Waals surface area contributed by atoms with Gasteiger partial charge in [0.25, 0.3) is 0 Å². The summed E-state index contributed by atoms with van der Waals surface area (Å²) in [5.41, 5.74) is 0.950. The summed E-state index contributed by atoms with van der Waals surface area (Å²) in [5.74, 6) is 2.47. The predicted molar refractivity (Wildman–Crippen MR) is 77.7 cm³/mol. The molecule has 19 heavy (non-hydrogen) atoms. The van der Waals surface area contributed by atoms with E-state index in [1.54, 1.807) is 6.92 Å². The number of fused-ring (bicyclic) bond motifs is 2. The molecule has 3 heterocycles. The van der Waals surface area contributed by atoms with Crippen molar-refractivity contribution in [2.45, 2.75) is 17.7 Å². The molecule has 0 bridgehead atoms. The average molecular weight is 298 g/mol. The van der Waals surface area contributed by atoms with Gasteiger partial charge in [0.05, 0.1) is 6.61 Å². The van der Waals surface area contributed by atoms with Crippen molar-refractivity contribution in [1.29, 1.82) is 0 Å². The number of esters is 1. The second-order valence-electron chi connectivity index (χ2n) is 4.04. The van der Waals surface area contributed by atoms with Crippen LogP contribution in [0.2, 0.25) is 0 Å². The first-order valence-corrected chi connectivity index (χ1v) is 8.17. The van der Waals surface area contributed by atoms with Gasteiger partial charge in [0.15, 0.2) is 11.5 Å². The van der Waals surface area contributed by atoms with Crippen molar-refractivity contribution in [3.05, 3.63) is 12.0 Å². The van der Waals surface area contributed by atoms with Crippen molar-refractivity contribution in [2.75, 3.05) is 28.7 Å². The fourth-order valence-corrected chi connectivity index (χ4v) is 4.65.